The van der Waals surface area contributed by atoms with E-state index in [1.807, 2.05) is 42.5 Å². The quantitative estimate of drug-likeness (QED) is 0.749. The molecule has 0 radical (unpaired) electrons. The van der Waals surface area contributed by atoms with Crippen LogP contribution in [0.3, 0.4) is 0 Å². The zero-order valence-corrected chi connectivity index (χ0v) is 11.0. The van der Waals surface area contributed by atoms with E-state index in [1.54, 1.807) is 6.20 Å². The van der Waals surface area contributed by atoms with Gasteiger partial charge in [0.2, 0.25) is 5.78 Å². The number of pyridine rings is 1. The highest BCUT2D eigenvalue weighted by atomic mass is 16.1. The zero-order valence-electron chi connectivity index (χ0n) is 11.0. The van der Waals surface area contributed by atoms with Gasteiger partial charge in [-0.1, -0.05) is 51.1 Å². The van der Waals surface area contributed by atoms with Crippen LogP contribution >= 0.6 is 0 Å². The number of hydrogen-bond acceptors (Lipinski definition) is 2. The molecule has 92 valence electrons. The van der Waals surface area contributed by atoms with E-state index in [2.05, 4.69) is 25.8 Å². The van der Waals surface area contributed by atoms with Crippen molar-refractivity contribution in [2.75, 3.05) is 0 Å². The van der Waals surface area contributed by atoms with Gasteiger partial charge in [0.25, 0.3) is 0 Å². The molecule has 0 bridgehead atoms. The normalized spacial score (nSPS) is 11.3. The largest absolute Gasteiger partial charge is 0.287 e. The molecule has 0 aliphatic carbocycles. The Bertz CT molecular complexity index is 553. The maximum absolute atomic E-state index is 12.3. The Labute approximate surface area is 108 Å². The summed E-state index contributed by atoms with van der Waals surface area (Å²) < 4.78 is 0. The summed E-state index contributed by atoms with van der Waals surface area (Å²) in [6.07, 6.45) is 1.71. The lowest BCUT2D eigenvalue weighted by Gasteiger charge is -2.19. The van der Waals surface area contributed by atoms with Crippen LogP contribution in [-0.4, -0.2) is 10.8 Å². The van der Waals surface area contributed by atoms with Crippen molar-refractivity contribution in [1.82, 2.24) is 4.98 Å². The fourth-order valence-corrected chi connectivity index (χ4v) is 1.76. The van der Waals surface area contributed by atoms with Gasteiger partial charge in [-0.2, -0.15) is 0 Å². The van der Waals surface area contributed by atoms with Crippen molar-refractivity contribution in [2.24, 2.45) is 0 Å². The first-order valence-electron chi connectivity index (χ1n) is 6.05. The molecule has 2 rings (SSSR count). The molecule has 1 heterocycles. The Balaban J connectivity index is 2.38. The molecule has 0 unspecified atom stereocenters. The van der Waals surface area contributed by atoms with E-state index in [-0.39, 0.29) is 11.2 Å². The Morgan fingerprint density at radius 2 is 1.72 bits per heavy atom. The van der Waals surface area contributed by atoms with Crippen molar-refractivity contribution >= 4 is 5.78 Å². The highest BCUT2D eigenvalue weighted by Crippen LogP contribution is 2.22. The van der Waals surface area contributed by atoms with Gasteiger partial charge < -0.3 is 0 Å². The Hall–Kier alpha value is -1.96. The van der Waals surface area contributed by atoms with E-state index in [0.717, 1.165) is 5.56 Å². The molecule has 0 aliphatic heterocycles. The number of benzene rings is 1. The number of aromatic nitrogens is 1. The van der Waals surface area contributed by atoms with Crippen LogP contribution < -0.4 is 0 Å². The van der Waals surface area contributed by atoms with Crippen LogP contribution in [0.4, 0.5) is 0 Å². The topological polar surface area (TPSA) is 30.0 Å². The monoisotopic (exact) mass is 239 g/mol. The van der Waals surface area contributed by atoms with E-state index in [1.165, 1.54) is 0 Å². The molecule has 0 aliphatic rings. The van der Waals surface area contributed by atoms with Gasteiger partial charge in [0.1, 0.15) is 5.69 Å². The van der Waals surface area contributed by atoms with Gasteiger partial charge in [0.05, 0.1) is 0 Å². The van der Waals surface area contributed by atoms with Gasteiger partial charge in [-0.05, 0) is 23.1 Å². The molecular weight excluding hydrogens is 222 g/mol. The van der Waals surface area contributed by atoms with E-state index in [4.69, 9.17) is 0 Å². The minimum atomic E-state index is -0.0262. The van der Waals surface area contributed by atoms with Gasteiger partial charge in [-0.25, -0.2) is 0 Å². The summed E-state index contributed by atoms with van der Waals surface area (Å²) in [7, 11) is 0. The Kier molecular flexibility index (Phi) is 3.28. The van der Waals surface area contributed by atoms with Crippen LogP contribution in [0.1, 0.15) is 42.4 Å². The second-order valence-corrected chi connectivity index (χ2v) is 5.37. The first kappa shape index (κ1) is 12.5. The smallest absolute Gasteiger partial charge is 0.211 e. The van der Waals surface area contributed by atoms with Gasteiger partial charge in [0.15, 0.2) is 0 Å². The van der Waals surface area contributed by atoms with Gasteiger partial charge in [-0.15, -0.1) is 0 Å². The molecule has 0 atom stereocenters. The minimum absolute atomic E-state index is 0.0225. The second kappa shape index (κ2) is 4.73. The third kappa shape index (κ3) is 2.65. The summed E-state index contributed by atoms with van der Waals surface area (Å²) in [6.45, 7) is 6.37. The molecule has 0 saturated heterocycles. The van der Waals surface area contributed by atoms with E-state index in [0.29, 0.717) is 11.3 Å². The van der Waals surface area contributed by atoms with Crippen LogP contribution in [0, 0.1) is 0 Å². The standard InChI is InChI=1S/C16H17NO/c1-16(2,3)13-9-10-17-14(11-13)15(18)12-7-5-4-6-8-12/h4-11H,1-3H3. The van der Waals surface area contributed by atoms with E-state index in [9.17, 15) is 4.79 Å². The molecule has 2 aromatic rings. The van der Waals surface area contributed by atoms with Crippen molar-refractivity contribution in [3.05, 3.63) is 65.5 Å². The van der Waals surface area contributed by atoms with Crippen LogP contribution in [0.15, 0.2) is 48.7 Å². The third-order valence-corrected chi connectivity index (χ3v) is 2.89. The highest BCUT2D eigenvalue weighted by Gasteiger charge is 2.17. The molecule has 0 N–H and O–H groups in total. The van der Waals surface area contributed by atoms with E-state index < -0.39 is 0 Å². The van der Waals surface area contributed by atoms with Gasteiger partial charge in [-0.3, -0.25) is 9.78 Å². The summed E-state index contributed by atoms with van der Waals surface area (Å²) in [5.74, 6) is -0.0262. The molecule has 2 heteroatoms. The molecule has 2 nitrogen and oxygen atoms in total. The van der Waals surface area contributed by atoms with Crippen LogP contribution in [0.2, 0.25) is 0 Å². The molecule has 0 amide bonds. The number of carbonyl (C=O) groups is 1. The summed E-state index contributed by atoms with van der Waals surface area (Å²) in [6, 6.07) is 13.1. The first-order valence-corrected chi connectivity index (χ1v) is 6.05. The first-order chi connectivity index (χ1) is 8.48. The average Bonchev–Trinajstić information content (AvgIpc) is 2.38. The molecule has 1 aromatic heterocycles. The summed E-state index contributed by atoms with van der Waals surface area (Å²) >= 11 is 0. The maximum Gasteiger partial charge on any atom is 0.211 e. The lowest BCUT2D eigenvalue weighted by atomic mass is 9.87. The van der Waals surface area contributed by atoms with Crippen molar-refractivity contribution < 1.29 is 4.79 Å². The van der Waals surface area contributed by atoms with Crippen LogP contribution in [0.5, 0.6) is 0 Å². The summed E-state index contributed by atoms with van der Waals surface area (Å²) in [5, 5.41) is 0. The third-order valence-electron chi connectivity index (χ3n) is 2.89. The van der Waals surface area contributed by atoms with Crippen LogP contribution in [-0.2, 0) is 5.41 Å². The van der Waals surface area contributed by atoms with Crippen molar-refractivity contribution in [2.45, 2.75) is 26.2 Å². The molecule has 18 heavy (non-hydrogen) atoms. The number of carbonyl (C=O) groups excluding carboxylic acids is 1. The molecular formula is C16H17NO. The summed E-state index contributed by atoms with van der Waals surface area (Å²) in [5.41, 5.74) is 2.33. The van der Waals surface area contributed by atoms with Crippen molar-refractivity contribution in [3.63, 3.8) is 0 Å². The lowest BCUT2D eigenvalue weighted by molar-refractivity contribution is 0.103. The zero-order chi connectivity index (χ0) is 13.2. The average molecular weight is 239 g/mol. The van der Waals surface area contributed by atoms with Gasteiger partial charge >= 0.3 is 0 Å². The molecule has 0 saturated carbocycles. The van der Waals surface area contributed by atoms with E-state index >= 15 is 0 Å². The Morgan fingerprint density at radius 1 is 1.06 bits per heavy atom. The SMILES string of the molecule is CC(C)(C)c1ccnc(C(=O)c2ccccc2)c1. The predicted molar refractivity (Wildman–Crippen MR) is 72.8 cm³/mol. The molecule has 0 fully saturated rings. The summed E-state index contributed by atoms with van der Waals surface area (Å²) in [4.78, 5) is 16.4. The highest BCUT2D eigenvalue weighted by molar-refractivity contribution is 6.07. The maximum atomic E-state index is 12.3. The molecule has 1 aromatic carbocycles. The molecule has 0 spiro atoms. The minimum Gasteiger partial charge on any atom is -0.287 e. The van der Waals surface area contributed by atoms with Crippen molar-refractivity contribution in [3.8, 4) is 0 Å². The number of nitrogens with zero attached hydrogens (tertiary/aromatic N) is 1. The van der Waals surface area contributed by atoms with Gasteiger partial charge in [0, 0.05) is 11.8 Å². The number of ketones is 1. The van der Waals surface area contributed by atoms with Crippen LogP contribution in [0.25, 0.3) is 0 Å². The number of hydrogen-bond donors (Lipinski definition) is 0. The second-order valence-electron chi connectivity index (χ2n) is 5.37. The fraction of sp³-hybridized carbons (Fsp3) is 0.250. The fourth-order valence-electron chi connectivity index (χ4n) is 1.76. The predicted octanol–water partition coefficient (Wildman–Crippen LogP) is 3.61. The lowest BCUT2D eigenvalue weighted by Crippen LogP contribution is -2.13. The van der Waals surface area contributed by atoms with Crippen molar-refractivity contribution in [1.29, 1.82) is 0 Å². The Morgan fingerprint density at radius 3 is 2.33 bits per heavy atom. The number of rotatable bonds is 2.